The molecule has 244 valence electrons. The summed E-state index contributed by atoms with van der Waals surface area (Å²) in [5, 5.41) is 16.9. The highest BCUT2D eigenvalue weighted by atomic mass is 32.2. The topological polar surface area (TPSA) is 136 Å². The van der Waals surface area contributed by atoms with Crippen molar-refractivity contribution in [2.45, 2.75) is 69.2 Å². The number of nitrogens with zero attached hydrogens (tertiary/aromatic N) is 5. The van der Waals surface area contributed by atoms with E-state index in [2.05, 4.69) is 15.2 Å². The van der Waals surface area contributed by atoms with Crippen molar-refractivity contribution >= 4 is 21.6 Å². The van der Waals surface area contributed by atoms with Crippen LogP contribution < -0.4 is 4.74 Å². The van der Waals surface area contributed by atoms with Crippen LogP contribution in [0.4, 0.5) is 13.2 Å². The van der Waals surface area contributed by atoms with Crippen LogP contribution in [0.5, 0.6) is 5.88 Å². The maximum atomic E-state index is 14.1. The highest BCUT2D eigenvalue weighted by Gasteiger charge is 2.45. The molecule has 2 aliphatic heterocycles. The molecule has 0 radical (unpaired) electrons. The lowest BCUT2D eigenvalue weighted by atomic mass is 9.85. The van der Waals surface area contributed by atoms with Crippen molar-refractivity contribution in [3.63, 3.8) is 0 Å². The van der Waals surface area contributed by atoms with Crippen molar-refractivity contribution in [3.05, 3.63) is 81.9 Å². The number of fused-ring (bicyclic) bond motifs is 2. The van der Waals surface area contributed by atoms with Gasteiger partial charge in [0.05, 0.1) is 26.2 Å². The molecule has 15 heteroatoms. The lowest BCUT2D eigenvalue weighted by Gasteiger charge is -2.38. The molecule has 6 rings (SSSR count). The van der Waals surface area contributed by atoms with Crippen molar-refractivity contribution in [1.29, 1.82) is 0 Å². The molecule has 0 saturated carbocycles. The van der Waals surface area contributed by atoms with Gasteiger partial charge in [0.2, 0.25) is 21.7 Å². The maximum absolute atomic E-state index is 14.1. The summed E-state index contributed by atoms with van der Waals surface area (Å²) in [7, 11) is -4.08. The Morgan fingerprint density at radius 1 is 1.11 bits per heavy atom. The molecule has 4 aromatic rings. The summed E-state index contributed by atoms with van der Waals surface area (Å²) in [5.74, 6) is -3.01. The number of ether oxygens (including phenoxy) is 2. The predicted molar refractivity (Wildman–Crippen MR) is 158 cm³/mol. The van der Waals surface area contributed by atoms with Crippen molar-refractivity contribution in [2.24, 2.45) is 0 Å². The summed E-state index contributed by atoms with van der Waals surface area (Å²) >= 11 is 0. The minimum atomic E-state index is -4.73. The first kappa shape index (κ1) is 31.9. The number of alkyl halides is 3. The molecule has 1 aromatic carbocycles. The molecule has 0 amide bonds. The number of aliphatic carboxylic acids is 1. The van der Waals surface area contributed by atoms with Crippen LogP contribution in [0.25, 0.3) is 5.65 Å². The molecule has 46 heavy (non-hydrogen) atoms. The van der Waals surface area contributed by atoms with Crippen LogP contribution in [0.1, 0.15) is 64.4 Å². The summed E-state index contributed by atoms with van der Waals surface area (Å²) in [4.78, 5) is 16.4. The van der Waals surface area contributed by atoms with E-state index >= 15 is 0 Å². The van der Waals surface area contributed by atoms with Crippen molar-refractivity contribution in [1.82, 2.24) is 23.9 Å². The van der Waals surface area contributed by atoms with Crippen molar-refractivity contribution in [2.75, 3.05) is 19.8 Å². The second kappa shape index (κ2) is 11.6. The van der Waals surface area contributed by atoms with Gasteiger partial charge in [-0.1, -0.05) is 18.2 Å². The molecule has 11 nitrogen and oxygen atoms in total. The number of carbonyl (C=O) groups is 1. The summed E-state index contributed by atoms with van der Waals surface area (Å²) in [5.41, 5.74) is 2.58. The monoisotopic (exact) mass is 659 g/mol. The number of rotatable bonds is 6. The van der Waals surface area contributed by atoms with Gasteiger partial charge in [-0.25, -0.2) is 13.4 Å². The standard InChI is InChI=1S/C31H32F3N5O6S/c1-18-12-25-28(35-15-18)45-30(7-10-44-11-8-30)17-38(46(25,42)43)16-22-13-21(5-4-19(22)2)24(14-26(40)41)23-6-9-39-27(20(23)3)36-37-29(39)31(32,33)34/h4-6,9,12-13,15,24H,7-8,10-11,14,16-17H2,1-3H3,(H,40,41). The minimum absolute atomic E-state index is 0.0242. The van der Waals surface area contributed by atoms with E-state index in [-0.39, 0.29) is 35.9 Å². The van der Waals surface area contributed by atoms with E-state index < -0.39 is 39.5 Å². The molecular formula is C31H32F3N5O6S. The Morgan fingerprint density at radius 2 is 1.85 bits per heavy atom. The molecule has 2 aliphatic rings. The van der Waals surface area contributed by atoms with E-state index in [9.17, 15) is 31.5 Å². The summed E-state index contributed by atoms with van der Waals surface area (Å²) in [6.45, 7) is 6.00. The Labute approximate surface area is 263 Å². The van der Waals surface area contributed by atoms with Crippen LogP contribution in [0.3, 0.4) is 0 Å². The van der Waals surface area contributed by atoms with Gasteiger partial charge in [0, 0.05) is 37.7 Å². The number of halogens is 3. The van der Waals surface area contributed by atoms with E-state index in [1.54, 1.807) is 44.3 Å². The van der Waals surface area contributed by atoms with Crippen LogP contribution in [-0.2, 0) is 32.3 Å². The first-order valence-corrected chi connectivity index (χ1v) is 16.1. The number of pyridine rings is 2. The molecule has 1 fully saturated rings. The van der Waals surface area contributed by atoms with Crippen LogP contribution >= 0.6 is 0 Å². The van der Waals surface area contributed by atoms with Gasteiger partial charge in [0.1, 0.15) is 10.5 Å². The first-order chi connectivity index (χ1) is 21.7. The minimum Gasteiger partial charge on any atom is -0.481 e. The third-order valence-corrected chi connectivity index (χ3v) is 10.5. The number of aryl methyl sites for hydroxylation is 3. The number of hydrogen-bond acceptors (Lipinski definition) is 8. The average Bonchev–Trinajstić information content (AvgIpc) is 3.42. The molecule has 3 aromatic heterocycles. The molecule has 1 saturated heterocycles. The molecule has 0 bridgehead atoms. The summed E-state index contributed by atoms with van der Waals surface area (Å²) < 4.78 is 82.9. The molecule has 1 unspecified atom stereocenters. The smallest absolute Gasteiger partial charge is 0.452 e. The summed E-state index contributed by atoms with van der Waals surface area (Å²) in [6.07, 6.45) is -1.40. The van der Waals surface area contributed by atoms with Gasteiger partial charge in [-0.05, 0) is 66.3 Å². The second-order valence-electron chi connectivity index (χ2n) is 11.9. The number of benzene rings is 1. The lowest BCUT2D eigenvalue weighted by Crippen LogP contribution is -2.50. The van der Waals surface area contributed by atoms with Crippen LogP contribution in [0.15, 0.2) is 47.6 Å². The summed E-state index contributed by atoms with van der Waals surface area (Å²) in [6, 6.07) is 8.31. The van der Waals surface area contributed by atoms with Gasteiger partial charge in [0.15, 0.2) is 5.65 Å². The molecule has 1 N–H and O–H groups in total. The molecule has 1 spiro atoms. The van der Waals surface area contributed by atoms with E-state index in [0.29, 0.717) is 53.9 Å². The van der Waals surface area contributed by atoms with E-state index in [4.69, 9.17) is 9.47 Å². The molecule has 0 aliphatic carbocycles. The normalized spacial score (nSPS) is 18.6. The maximum Gasteiger partial charge on any atom is 0.452 e. The zero-order valence-corrected chi connectivity index (χ0v) is 26.2. The molecule has 1 atom stereocenters. The number of aromatic nitrogens is 4. The second-order valence-corrected chi connectivity index (χ2v) is 13.8. The quantitative estimate of drug-likeness (QED) is 0.309. The lowest BCUT2D eigenvalue weighted by molar-refractivity contribution is -0.145. The largest absolute Gasteiger partial charge is 0.481 e. The third kappa shape index (κ3) is 5.82. The number of carboxylic acid groups (broad SMARTS) is 1. The van der Waals surface area contributed by atoms with E-state index in [1.807, 2.05) is 6.92 Å². The fraction of sp³-hybridized carbons (Fsp3) is 0.419. The van der Waals surface area contributed by atoms with Crippen LogP contribution in [-0.4, -0.2) is 68.7 Å². The SMILES string of the molecule is Cc1cnc2c(c1)S(=O)(=O)N(Cc1cc(C(CC(=O)O)c3ccn4c(C(F)(F)F)nnc4c3C)ccc1C)CC1(CCOCC1)O2. The van der Waals surface area contributed by atoms with E-state index in [0.717, 1.165) is 9.96 Å². The first-order valence-electron chi connectivity index (χ1n) is 14.6. The zero-order valence-electron chi connectivity index (χ0n) is 25.3. The van der Waals surface area contributed by atoms with Gasteiger partial charge in [0.25, 0.3) is 0 Å². The Balaban J connectivity index is 1.42. The Hall–Kier alpha value is -4.08. The molecular weight excluding hydrogens is 627 g/mol. The number of sulfonamides is 1. The van der Waals surface area contributed by atoms with Gasteiger partial charge in [-0.2, -0.15) is 17.5 Å². The Kier molecular flexibility index (Phi) is 8.05. The number of carboxylic acids is 1. The van der Waals surface area contributed by atoms with Gasteiger partial charge in [-0.15, -0.1) is 10.2 Å². The highest BCUT2D eigenvalue weighted by molar-refractivity contribution is 7.89. The van der Waals surface area contributed by atoms with Gasteiger partial charge < -0.3 is 14.6 Å². The number of hydrogen-bond donors (Lipinski definition) is 1. The fourth-order valence-corrected chi connectivity index (χ4v) is 7.88. The van der Waals surface area contributed by atoms with Gasteiger partial charge >= 0.3 is 12.1 Å². The van der Waals surface area contributed by atoms with E-state index in [1.165, 1.54) is 16.6 Å². The highest BCUT2D eigenvalue weighted by Crippen LogP contribution is 2.40. The molecule has 5 heterocycles. The Bertz CT molecular complexity index is 1940. The Morgan fingerprint density at radius 3 is 2.54 bits per heavy atom. The third-order valence-electron chi connectivity index (χ3n) is 8.75. The predicted octanol–water partition coefficient (Wildman–Crippen LogP) is 4.81. The van der Waals surface area contributed by atoms with Crippen LogP contribution in [0.2, 0.25) is 0 Å². The fourth-order valence-electron chi connectivity index (χ4n) is 6.24. The van der Waals surface area contributed by atoms with Crippen molar-refractivity contribution < 1.29 is 41.0 Å². The average molecular weight is 660 g/mol. The zero-order chi connectivity index (χ0) is 33.0. The van der Waals surface area contributed by atoms with Crippen molar-refractivity contribution in [3.8, 4) is 5.88 Å². The van der Waals surface area contributed by atoms with Crippen LogP contribution in [0, 0.1) is 20.8 Å². The van der Waals surface area contributed by atoms with Gasteiger partial charge in [-0.3, -0.25) is 9.20 Å².